The number of nitrogens with zero attached hydrogens (tertiary/aromatic N) is 1. The molecule has 0 aromatic carbocycles. The largest absolute Gasteiger partial charge is 0.459 e. The number of likely N-dealkylation sites (tertiary alicyclic amines) is 1. The van der Waals surface area contributed by atoms with E-state index in [-0.39, 0.29) is 25.5 Å². The first-order chi connectivity index (χ1) is 9.87. The van der Waals surface area contributed by atoms with Crippen LogP contribution in [0.5, 0.6) is 0 Å². The van der Waals surface area contributed by atoms with Crippen LogP contribution in [0.4, 0.5) is 4.79 Å². The summed E-state index contributed by atoms with van der Waals surface area (Å²) >= 11 is 0. The average molecular weight is 314 g/mol. The molecule has 1 rings (SSSR count). The Hall–Kier alpha value is -1.63. The number of ether oxygens (including phenoxy) is 2. The van der Waals surface area contributed by atoms with Crippen LogP contribution in [-0.4, -0.2) is 53.7 Å². The molecule has 1 saturated heterocycles. The molecule has 7 nitrogen and oxygen atoms in total. The van der Waals surface area contributed by atoms with Crippen LogP contribution < -0.4 is 5.32 Å². The van der Waals surface area contributed by atoms with Gasteiger partial charge < -0.3 is 14.8 Å². The zero-order valence-electron chi connectivity index (χ0n) is 14.2. The molecule has 0 aliphatic carbocycles. The molecular formula is C15H26N2O5. The quantitative estimate of drug-likeness (QED) is 0.624. The van der Waals surface area contributed by atoms with Crippen molar-refractivity contribution in [1.29, 1.82) is 0 Å². The first-order valence-corrected chi connectivity index (χ1v) is 7.32. The van der Waals surface area contributed by atoms with E-state index >= 15 is 0 Å². The van der Waals surface area contributed by atoms with Crippen LogP contribution in [0.15, 0.2) is 0 Å². The van der Waals surface area contributed by atoms with E-state index in [0.717, 1.165) is 0 Å². The molecule has 0 saturated carbocycles. The van der Waals surface area contributed by atoms with E-state index in [0.29, 0.717) is 0 Å². The minimum Gasteiger partial charge on any atom is -0.459 e. The van der Waals surface area contributed by atoms with Gasteiger partial charge >= 0.3 is 12.1 Å². The maximum atomic E-state index is 12.0. The number of nitrogens with one attached hydrogen (secondary N) is 1. The van der Waals surface area contributed by atoms with Crippen molar-refractivity contribution in [2.75, 3.05) is 19.8 Å². The summed E-state index contributed by atoms with van der Waals surface area (Å²) in [6.07, 6.45) is -0.555. The summed E-state index contributed by atoms with van der Waals surface area (Å²) in [4.78, 5) is 37.1. The summed E-state index contributed by atoms with van der Waals surface area (Å²) < 4.78 is 10.3. The first-order valence-electron chi connectivity index (χ1n) is 7.32. The van der Waals surface area contributed by atoms with Crippen molar-refractivity contribution >= 4 is 17.8 Å². The predicted molar refractivity (Wildman–Crippen MR) is 80.2 cm³/mol. The van der Waals surface area contributed by atoms with Gasteiger partial charge in [-0.05, 0) is 41.5 Å². The fourth-order valence-corrected chi connectivity index (χ4v) is 1.95. The van der Waals surface area contributed by atoms with Crippen LogP contribution in [0.3, 0.4) is 0 Å². The Kier molecular flexibility index (Phi) is 5.56. The second kappa shape index (κ2) is 6.64. The van der Waals surface area contributed by atoms with Gasteiger partial charge in [0.1, 0.15) is 17.1 Å². The number of Topliss-reactive ketones (excluding diaryl/α,β-unsaturated/α-hetero) is 1. The number of esters is 1. The molecule has 1 atom stereocenters. The standard InChI is InChI=1S/C15H26N2O5/c1-14(2,3)21-12(19)10-7-17(8-11(10)18)9-16-13(20)22-15(4,5)6/h10H,7-9H2,1-6H3,(H,16,20). The van der Waals surface area contributed by atoms with Crippen molar-refractivity contribution in [3.63, 3.8) is 0 Å². The number of rotatable bonds is 3. The van der Waals surface area contributed by atoms with Gasteiger partial charge in [0.25, 0.3) is 0 Å². The van der Waals surface area contributed by atoms with Gasteiger partial charge in [-0.25, -0.2) is 4.79 Å². The van der Waals surface area contributed by atoms with Crippen molar-refractivity contribution in [1.82, 2.24) is 10.2 Å². The monoisotopic (exact) mass is 314 g/mol. The normalized spacial score (nSPS) is 19.9. The van der Waals surface area contributed by atoms with E-state index in [4.69, 9.17) is 9.47 Å². The minimum absolute atomic E-state index is 0.111. The van der Waals surface area contributed by atoms with Crippen LogP contribution >= 0.6 is 0 Å². The summed E-state index contributed by atoms with van der Waals surface area (Å²) in [7, 11) is 0. The van der Waals surface area contributed by atoms with Gasteiger partial charge in [-0.3, -0.25) is 14.5 Å². The maximum absolute atomic E-state index is 12.0. The third-order valence-corrected chi connectivity index (χ3v) is 2.75. The van der Waals surface area contributed by atoms with Crippen molar-refractivity contribution in [2.45, 2.75) is 52.7 Å². The Morgan fingerprint density at radius 2 is 1.68 bits per heavy atom. The lowest BCUT2D eigenvalue weighted by molar-refractivity contribution is -0.160. The van der Waals surface area contributed by atoms with Gasteiger partial charge in [-0.1, -0.05) is 0 Å². The van der Waals surface area contributed by atoms with Crippen molar-refractivity contribution < 1.29 is 23.9 Å². The molecule has 1 aliphatic rings. The third kappa shape index (κ3) is 6.43. The number of carbonyl (C=O) groups is 3. The van der Waals surface area contributed by atoms with Crippen molar-refractivity contribution in [3.05, 3.63) is 0 Å². The van der Waals surface area contributed by atoms with Crippen molar-refractivity contribution in [3.8, 4) is 0 Å². The third-order valence-electron chi connectivity index (χ3n) is 2.75. The average Bonchev–Trinajstić information content (AvgIpc) is 2.63. The zero-order chi connectivity index (χ0) is 17.1. The number of hydrogen-bond donors (Lipinski definition) is 1. The SMILES string of the molecule is CC(C)(C)OC(=O)NCN1CC(=O)C(C(=O)OC(C)(C)C)C1. The highest BCUT2D eigenvalue weighted by Gasteiger charge is 2.38. The van der Waals surface area contributed by atoms with E-state index in [1.165, 1.54) is 0 Å². The van der Waals surface area contributed by atoms with Gasteiger partial charge in [-0.2, -0.15) is 0 Å². The predicted octanol–water partition coefficient (Wildman–Crippen LogP) is 1.31. The zero-order valence-corrected chi connectivity index (χ0v) is 14.2. The number of alkyl carbamates (subject to hydrolysis) is 1. The lowest BCUT2D eigenvalue weighted by Gasteiger charge is -2.22. The fourth-order valence-electron chi connectivity index (χ4n) is 1.95. The lowest BCUT2D eigenvalue weighted by Crippen LogP contribution is -2.40. The second-order valence-corrected chi connectivity index (χ2v) is 7.40. The lowest BCUT2D eigenvalue weighted by atomic mass is 10.1. The smallest absolute Gasteiger partial charge is 0.408 e. The van der Waals surface area contributed by atoms with Gasteiger partial charge in [0.15, 0.2) is 5.78 Å². The molecule has 22 heavy (non-hydrogen) atoms. The van der Waals surface area contributed by atoms with Gasteiger partial charge in [0.2, 0.25) is 0 Å². The van der Waals surface area contributed by atoms with Crippen LogP contribution in [0.2, 0.25) is 0 Å². The Balaban J connectivity index is 2.46. The van der Waals surface area contributed by atoms with Crippen molar-refractivity contribution in [2.24, 2.45) is 5.92 Å². The molecule has 1 unspecified atom stereocenters. The van der Waals surface area contributed by atoms with E-state index in [2.05, 4.69) is 5.32 Å². The maximum Gasteiger partial charge on any atom is 0.408 e. The highest BCUT2D eigenvalue weighted by atomic mass is 16.6. The number of amides is 1. The van der Waals surface area contributed by atoms with Gasteiger partial charge in [-0.15, -0.1) is 0 Å². The van der Waals surface area contributed by atoms with E-state index in [1.807, 2.05) is 0 Å². The molecule has 0 radical (unpaired) electrons. The Bertz CT molecular complexity index is 448. The van der Waals surface area contributed by atoms with E-state index in [1.54, 1.807) is 46.4 Å². The number of carbonyl (C=O) groups excluding carboxylic acids is 3. The highest BCUT2D eigenvalue weighted by Crippen LogP contribution is 2.18. The molecule has 0 aromatic rings. The summed E-state index contributed by atoms with van der Waals surface area (Å²) in [6, 6.07) is 0. The molecule has 0 aromatic heterocycles. The molecule has 1 aliphatic heterocycles. The van der Waals surface area contributed by atoms with Crippen LogP contribution in [-0.2, 0) is 19.1 Å². The number of ketones is 1. The molecule has 1 heterocycles. The van der Waals surface area contributed by atoms with E-state index in [9.17, 15) is 14.4 Å². The highest BCUT2D eigenvalue weighted by molar-refractivity contribution is 6.01. The Labute approximate surface area is 131 Å². The van der Waals surface area contributed by atoms with E-state index < -0.39 is 29.2 Å². The van der Waals surface area contributed by atoms with Crippen LogP contribution in [0.1, 0.15) is 41.5 Å². The van der Waals surface area contributed by atoms with Crippen LogP contribution in [0.25, 0.3) is 0 Å². The fraction of sp³-hybridized carbons (Fsp3) is 0.800. The Morgan fingerprint density at radius 3 is 2.18 bits per heavy atom. The minimum atomic E-state index is -0.792. The first kappa shape index (κ1) is 18.4. The summed E-state index contributed by atoms with van der Waals surface area (Å²) in [5.41, 5.74) is -1.20. The molecule has 0 bridgehead atoms. The second-order valence-electron chi connectivity index (χ2n) is 7.40. The summed E-state index contributed by atoms with van der Waals surface area (Å²) in [5.74, 6) is -1.50. The topological polar surface area (TPSA) is 84.9 Å². The molecule has 1 N–H and O–H groups in total. The summed E-state index contributed by atoms with van der Waals surface area (Å²) in [6.45, 7) is 11.1. The summed E-state index contributed by atoms with van der Waals surface area (Å²) in [5, 5.41) is 2.57. The molecular weight excluding hydrogens is 288 g/mol. The molecule has 7 heteroatoms. The van der Waals surface area contributed by atoms with Crippen LogP contribution in [0, 0.1) is 5.92 Å². The molecule has 1 amide bonds. The molecule has 1 fully saturated rings. The molecule has 0 spiro atoms. The molecule has 126 valence electrons. The Morgan fingerprint density at radius 1 is 1.14 bits per heavy atom. The number of hydrogen-bond acceptors (Lipinski definition) is 6. The van der Waals surface area contributed by atoms with Gasteiger partial charge in [0.05, 0.1) is 13.2 Å². The van der Waals surface area contributed by atoms with Gasteiger partial charge in [0, 0.05) is 6.54 Å².